The summed E-state index contributed by atoms with van der Waals surface area (Å²) in [6.45, 7) is 3.63. The van der Waals surface area contributed by atoms with Crippen LogP contribution in [0.25, 0.3) is 6.08 Å². The van der Waals surface area contributed by atoms with Gasteiger partial charge < -0.3 is 14.2 Å². The van der Waals surface area contributed by atoms with Crippen LogP contribution in [-0.4, -0.2) is 42.3 Å². The number of halogens is 1. The summed E-state index contributed by atoms with van der Waals surface area (Å²) >= 11 is 7.16. The normalized spacial score (nSPS) is 14.4. The van der Waals surface area contributed by atoms with Gasteiger partial charge in [0.1, 0.15) is 13.2 Å². The topological polar surface area (TPSA) is 106 Å². The van der Waals surface area contributed by atoms with Crippen molar-refractivity contribution < 1.29 is 28.6 Å². The van der Waals surface area contributed by atoms with Crippen molar-refractivity contribution >= 4 is 46.6 Å². The fraction of sp³-hybridized carbons (Fsp3) is 0.280. The molecule has 1 heterocycles. The molecule has 2 aromatic rings. The zero-order chi connectivity index (χ0) is 25.5. The first-order valence-corrected chi connectivity index (χ1v) is 11.8. The van der Waals surface area contributed by atoms with Gasteiger partial charge in [-0.05, 0) is 47.5 Å². The van der Waals surface area contributed by atoms with Crippen molar-refractivity contribution in [3.05, 3.63) is 63.0 Å². The van der Waals surface area contributed by atoms with Crippen LogP contribution < -0.4 is 9.47 Å². The van der Waals surface area contributed by atoms with Crippen LogP contribution in [0.3, 0.4) is 0 Å². The number of carbonyl (C=O) groups is 3. The Morgan fingerprint density at radius 3 is 2.69 bits per heavy atom. The molecule has 0 radical (unpaired) electrons. The lowest BCUT2D eigenvalue weighted by Gasteiger charge is -2.14. The molecule has 2 amide bonds. The minimum absolute atomic E-state index is 0.102. The number of imide groups is 1. The Hall–Kier alpha value is -3.48. The minimum atomic E-state index is -0.647. The molecule has 182 valence electrons. The van der Waals surface area contributed by atoms with Crippen LogP contribution in [0.1, 0.15) is 30.5 Å². The van der Waals surface area contributed by atoms with Crippen LogP contribution in [0.4, 0.5) is 4.79 Å². The molecule has 1 aliphatic rings. The number of ether oxygens (including phenoxy) is 3. The summed E-state index contributed by atoms with van der Waals surface area (Å²) in [5.41, 5.74) is 1.69. The van der Waals surface area contributed by atoms with E-state index in [4.69, 9.17) is 25.8 Å². The SMILES string of the molecule is COc1cc(/C=C2\SC(=O)N(CC(=O)OCC(C)C)C2=O)cc(Cl)c1OCc1ccccc1C#N. The third kappa shape index (κ3) is 6.56. The molecular weight excluding hydrogens is 492 g/mol. The average molecular weight is 515 g/mol. The molecule has 3 rings (SSSR count). The average Bonchev–Trinajstić information content (AvgIpc) is 3.09. The van der Waals surface area contributed by atoms with Gasteiger partial charge in [0, 0.05) is 5.56 Å². The molecule has 0 aromatic heterocycles. The van der Waals surface area contributed by atoms with Crippen molar-refractivity contribution in [1.29, 1.82) is 5.26 Å². The largest absolute Gasteiger partial charge is 0.493 e. The van der Waals surface area contributed by atoms with Gasteiger partial charge in [-0.25, -0.2) is 0 Å². The number of amides is 2. The summed E-state index contributed by atoms with van der Waals surface area (Å²) in [5, 5.41) is 8.92. The Labute approximate surface area is 212 Å². The van der Waals surface area contributed by atoms with Gasteiger partial charge in [0.05, 0.1) is 35.3 Å². The molecule has 0 bridgehead atoms. The summed E-state index contributed by atoms with van der Waals surface area (Å²) in [6, 6.07) is 12.3. The standard InChI is InChI=1S/C25H23ClN2O6S/c1-15(2)13-33-22(29)12-28-24(30)21(35-25(28)31)10-16-8-19(26)23(20(9-16)32-3)34-14-18-7-5-4-6-17(18)11-27/h4-10,15H,12-14H2,1-3H3/b21-10-. The monoisotopic (exact) mass is 514 g/mol. The molecule has 10 heteroatoms. The maximum absolute atomic E-state index is 12.7. The summed E-state index contributed by atoms with van der Waals surface area (Å²) in [5.74, 6) is -0.507. The highest BCUT2D eigenvalue weighted by molar-refractivity contribution is 8.18. The van der Waals surface area contributed by atoms with E-state index in [2.05, 4.69) is 6.07 Å². The first-order valence-electron chi connectivity index (χ1n) is 10.6. The van der Waals surface area contributed by atoms with Crippen molar-refractivity contribution in [1.82, 2.24) is 4.90 Å². The van der Waals surface area contributed by atoms with Crippen LogP contribution in [-0.2, 0) is 20.9 Å². The smallest absolute Gasteiger partial charge is 0.326 e. The molecule has 8 nitrogen and oxygen atoms in total. The Kier molecular flexibility index (Phi) is 8.79. The van der Waals surface area contributed by atoms with E-state index in [1.807, 2.05) is 13.8 Å². The molecule has 0 N–H and O–H groups in total. The molecule has 1 aliphatic heterocycles. The highest BCUT2D eigenvalue weighted by Crippen LogP contribution is 2.39. The van der Waals surface area contributed by atoms with Gasteiger partial charge in [-0.1, -0.05) is 43.6 Å². The number of thioether (sulfide) groups is 1. The maximum Gasteiger partial charge on any atom is 0.326 e. The third-order valence-electron chi connectivity index (χ3n) is 4.80. The zero-order valence-corrected chi connectivity index (χ0v) is 20.9. The van der Waals surface area contributed by atoms with Crippen LogP contribution in [0.2, 0.25) is 5.02 Å². The number of carbonyl (C=O) groups excluding carboxylic acids is 3. The molecular formula is C25H23ClN2O6S. The van der Waals surface area contributed by atoms with Gasteiger partial charge in [0.15, 0.2) is 11.5 Å². The van der Waals surface area contributed by atoms with Gasteiger partial charge in [0.2, 0.25) is 0 Å². The van der Waals surface area contributed by atoms with E-state index < -0.39 is 23.7 Å². The first kappa shape index (κ1) is 26.1. The Morgan fingerprint density at radius 1 is 1.26 bits per heavy atom. The molecule has 0 unspecified atom stereocenters. The second-order valence-corrected chi connectivity index (χ2v) is 9.34. The quantitative estimate of drug-likeness (QED) is 0.338. The number of hydrogen-bond acceptors (Lipinski definition) is 8. The van der Waals surface area contributed by atoms with E-state index in [0.717, 1.165) is 16.7 Å². The molecule has 2 aromatic carbocycles. The first-order chi connectivity index (χ1) is 16.7. The van der Waals surface area contributed by atoms with E-state index in [1.165, 1.54) is 13.2 Å². The Morgan fingerprint density at radius 2 is 2.00 bits per heavy atom. The van der Waals surface area contributed by atoms with E-state index in [1.54, 1.807) is 36.4 Å². The lowest BCUT2D eigenvalue weighted by Crippen LogP contribution is -2.34. The molecule has 0 atom stereocenters. The number of methoxy groups -OCH3 is 1. The number of benzene rings is 2. The van der Waals surface area contributed by atoms with Crippen LogP contribution in [0.5, 0.6) is 11.5 Å². The minimum Gasteiger partial charge on any atom is -0.493 e. The third-order valence-corrected chi connectivity index (χ3v) is 5.99. The lowest BCUT2D eigenvalue weighted by molar-refractivity contribution is -0.147. The molecule has 35 heavy (non-hydrogen) atoms. The molecule has 1 saturated heterocycles. The lowest BCUT2D eigenvalue weighted by atomic mass is 10.1. The van der Waals surface area contributed by atoms with Crippen LogP contribution in [0.15, 0.2) is 41.3 Å². The van der Waals surface area contributed by atoms with Gasteiger partial charge in [-0.15, -0.1) is 0 Å². The van der Waals surface area contributed by atoms with Crippen LogP contribution >= 0.6 is 23.4 Å². The summed E-state index contributed by atoms with van der Waals surface area (Å²) in [7, 11) is 1.45. The van der Waals surface area contributed by atoms with E-state index in [0.29, 0.717) is 22.4 Å². The van der Waals surface area contributed by atoms with Crippen molar-refractivity contribution in [3.63, 3.8) is 0 Å². The zero-order valence-electron chi connectivity index (χ0n) is 19.4. The molecule has 1 fully saturated rings. The molecule has 0 aliphatic carbocycles. The van der Waals surface area contributed by atoms with Crippen molar-refractivity contribution in [2.24, 2.45) is 5.92 Å². The number of nitrogens with zero attached hydrogens (tertiary/aromatic N) is 2. The molecule has 0 spiro atoms. The van der Waals surface area contributed by atoms with E-state index >= 15 is 0 Å². The summed E-state index contributed by atoms with van der Waals surface area (Å²) in [6.07, 6.45) is 1.49. The van der Waals surface area contributed by atoms with Gasteiger partial charge in [-0.3, -0.25) is 19.3 Å². The maximum atomic E-state index is 12.7. The summed E-state index contributed by atoms with van der Waals surface area (Å²) < 4.78 is 16.3. The predicted octanol–water partition coefficient (Wildman–Crippen LogP) is 5.03. The van der Waals surface area contributed by atoms with Crippen LogP contribution in [0, 0.1) is 17.2 Å². The number of esters is 1. The Balaban J connectivity index is 1.77. The van der Waals surface area contributed by atoms with Gasteiger partial charge in [0.25, 0.3) is 11.1 Å². The fourth-order valence-electron chi connectivity index (χ4n) is 3.09. The number of rotatable bonds is 9. The van der Waals surface area contributed by atoms with E-state index in [-0.39, 0.29) is 34.8 Å². The second-order valence-electron chi connectivity index (χ2n) is 7.94. The predicted molar refractivity (Wildman–Crippen MR) is 132 cm³/mol. The van der Waals surface area contributed by atoms with Crippen molar-refractivity contribution in [2.75, 3.05) is 20.3 Å². The highest BCUT2D eigenvalue weighted by atomic mass is 35.5. The van der Waals surface area contributed by atoms with Crippen molar-refractivity contribution in [2.45, 2.75) is 20.5 Å². The fourth-order valence-corrected chi connectivity index (χ4v) is 4.20. The number of nitriles is 1. The van der Waals surface area contributed by atoms with Gasteiger partial charge >= 0.3 is 5.97 Å². The highest BCUT2D eigenvalue weighted by Gasteiger charge is 2.36. The Bertz CT molecular complexity index is 1220. The second kappa shape index (κ2) is 11.8. The van der Waals surface area contributed by atoms with E-state index in [9.17, 15) is 19.6 Å². The molecule has 0 saturated carbocycles. The van der Waals surface area contributed by atoms with Gasteiger partial charge in [-0.2, -0.15) is 5.26 Å². The summed E-state index contributed by atoms with van der Waals surface area (Å²) in [4.78, 5) is 38.0. The number of hydrogen-bond donors (Lipinski definition) is 0. The van der Waals surface area contributed by atoms with Crippen molar-refractivity contribution in [3.8, 4) is 17.6 Å².